The topological polar surface area (TPSA) is 104 Å². The Bertz CT molecular complexity index is 1100. The zero-order chi connectivity index (χ0) is 21.1. The maximum atomic E-state index is 13.3. The Morgan fingerprint density at radius 3 is 2.73 bits per heavy atom. The minimum absolute atomic E-state index is 0.0451. The lowest BCUT2D eigenvalue weighted by Crippen LogP contribution is -2.50. The number of carbonyl (C=O) groups is 1. The quantitative estimate of drug-likeness (QED) is 0.519. The summed E-state index contributed by atoms with van der Waals surface area (Å²) in [7, 11) is 0. The third-order valence-electron chi connectivity index (χ3n) is 5.35. The van der Waals surface area contributed by atoms with Crippen molar-refractivity contribution in [2.75, 3.05) is 25.0 Å². The molecular formula is C22H22FN5O2. The lowest BCUT2D eigenvalue weighted by molar-refractivity contribution is -0.114. The highest BCUT2D eigenvalue weighted by atomic mass is 19.1. The van der Waals surface area contributed by atoms with Crippen LogP contribution in [0.25, 0.3) is 16.5 Å². The van der Waals surface area contributed by atoms with Crippen molar-refractivity contribution >= 4 is 28.1 Å². The van der Waals surface area contributed by atoms with E-state index in [1.54, 1.807) is 18.3 Å². The second kappa shape index (κ2) is 8.56. The van der Waals surface area contributed by atoms with E-state index in [4.69, 9.17) is 5.73 Å². The van der Waals surface area contributed by atoms with Gasteiger partial charge in [0.05, 0.1) is 12.1 Å². The number of rotatable bonds is 7. The van der Waals surface area contributed by atoms with Gasteiger partial charge in [0.25, 0.3) is 5.91 Å². The summed E-state index contributed by atoms with van der Waals surface area (Å²) in [5.74, 6) is -0.994. The van der Waals surface area contributed by atoms with Crippen LogP contribution in [0.2, 0.25) is 0 Å². The van der Waals surface area contributed by atoms with Crippen LogP contribution in [0.4, 0.5) is 10.1 Å². The van der Waals surface area contributed by atoms with Crippen LogP contribution in [0, 0.1) is 5.82 Å². The van der Waals surface area contributed by atoms with Crippen LogP contribution in [0.5, 0.6) is 0 Å². The number of aliphatic hydroxyl groups excluding tert-OH is 1. The first-order valence-corrected chi connectivity index (χ1v) is 9.65. The van der Waals surface area contributed by atoms with Crippen molar-refractivity contribution in [2.45, 2.75) is 12.5 Å². The molecule has 2 heterocycles. The Kier molecular flexibility index (Phi) is 5.69. The van der Waals surface area contributed by atoms with E-state index in [-0.39, 0.29) is 24.2 Å². The molecule has 0 radical (unpaired) electrons. The molecule has 2 aromatic carbocycles. The monoisotopic (exact) mass is 407 g/mol. The molecule has 1 aliphatic rings. The summed E-state index contributed by atoms with van der Waals surface area (Å²) >= 11 is 0. The molecule has 1 saturated heterocycles. The number of primary amides is 1. The first-order chi connectivity index (χ1) is 14.5. The molecule has 1 fully saturated rings. The fourth-order valence-corrected chi connectivity index (χ4v) is 3.56. The summed E-state index contributed by atoms with van der Waals surface area (Å²) in [4.78, 5) is 22.8. The van der Waals surface area contributed by atoms with Gasteiger partial charge in [0.1, 0.15) is 17.8 Å². The van der Waals surface area contributed by atoms with Gasteiger partial charge in [0.2, 0.25) is 0 Å². The molecule has 1 unspecified atom stereocenters. The van der Waals surface area contributed by atoms with Gasteiger partial charge in [-0.15, -0.1) is 0 Å². The second-order valence-corrected chi connectivity index (χ2v) is 7.24. The Balaban J connectivity index is 1.79. The SMILES string of the molecule is NC(=O)/C(Nc1ccc(F)cc1)=C(/CN1CCC1CO)c1ccc2ncncc2c1. The number of aromatic nitrogens is 2. The zero-order valence-corrected chi connectivity index (χ0v) is 16.3. The van der Waals surface area contributed by atoms with Crippen molar-refractivity contribution < 1.29 is 14.3 Å². The number of hydrogen-bond acceptors (Lipinski definition) is 6. The van der Waals surface area contributed by atoms with Gasteiger partial charge in [-0.1, -0.05) is 6.07 Å². The highest BCUT2D eigenvalue weighted by molar-refractivity contribution is 6.03. The number of nitrogens with two attached hydrogens (primary N) is 1. The highest BCUT2D eigenvalue weighted by Gasteiger charge is 2.29. The fraction of sp³-hybridized carbons (Fsp3) is 0.227. The number of fused-ring (bicyclic) bond motifs is 1. The van der Waals surface area contributed by atoms with Crippen LogP contribution in [0.3, 0.4) is 0 Å². The summed E-state index contributed by atoms with van der Waals surface area (Å²) < 4.78 is 13.3. The highest BCUT2D eigenvalue weighted by Crippen LogP contribution is 2.28. The van der Waals surface area contributed by atoms with Crippen LogP contribution in [-0.2, 0) is 4.79 Å². The van der Waals surface area contributed by atoms with Crippen LogP contribution in [0.1, 0.15) is 12.0 Å². The van der Waals surface area contributed by atoms with Crippen LogP contribution in [0.15, 0.2) is 60.7 Å². The van der Waals surface area contributed by atoms with Gasteiger partial charge >= 0.3 is 0 Å². The van der Waals surface area contributed by atoms with Gasteiger partial charge in [0.15, 0.2) is 0 Å². The predicted octanol–water partition coefficient (Wildman–Crippen LogP) is 2.14. The maximum absolute atomic E-state index is 13.3. The molecule has 7 nitrogen and oxygen atoms in total. The van der Waals surface area contributed by atoms with Crippen molar-refractivity contribution in [1.29, 1.82) is 0 Å². The largest absolute Gasteiger partial charge is 0.395 e. The van der Waals surface area contributed by atoms with Crippen molar-refractivity contribution in [2.24, 2.45) is 5.73 Å². The summed E-state index contributed by atoms with van der Waals surface area (Å²) in [6, 6.07) is 11.4. The molecule has 0 spiro atoms. The molecule has 4 rings (SSSR count). The molecule has 1 atom stereocenters. The molecular weight excluding hydrogens is 385 g/mol. The summed E-state index contributed by atoms with van der Waals surface area (Å²) in [5.41, 5.74) is 8.79. The Morgan fingerprint density at radius 2 is 2.07 bits per heavy atom. The molecule has 0 bridgehead atoms. The van der Waals surface area contributed by atoms with Gasteiger partial charge in [-0.25, -0.2) is 14.4 Å². The number of likely N-dealkylation sites (tertiary alicyclic amines) is 1. The maximum Gasteiger partial charge on any atom is 0.265 e. The first kappa shape index (κ1) is 19.9. The van der Waals surface area contributed by atoms with Gasteiger partial charge < -0.3 is 16.2 Å². The van der Waals surface area contributed by atoms with Crippen molar-refractivity contribution in [3.8, 4) is 0 Å². The van der Waals surface area contributed by atoms with E-state index >= 15 is 0 Å². The number of nitrogens with zero attached hydrogens (tertiary/aromatic N) is 3. The molecule has 0 aliphatic carbocycles. The van der Waals surface area contributed by atoms with E-state index in [9.17, 15) is 14.3 Å². The molecule has 3 aromatic rings. The Morgan fingerprint density at radius 1 is 1.27 bits per heavy atom. The number of benzene rings is 2. The van der Waals surface area contributed by atoms with Gasteiger partial charge in [0, 0.05) is 42.0 Å². The summed E-state index contributed by atoms with van der Waals surface area (Å²) in [5, 5.41) is 13.5. The van der Waals surface area contributed by atoms with E-state index in [1.165, 1.54) is 18.5 Å². The van der Waals surface area contributed by atoms with Crippen LogP contribution >= 0.6 is 0 Å². The second-order valence-electron chi connectivity index (χ2n) is 7.24. The number of halogens is 1. The van der Waals surface area contributed by atoms with E-state index in [2.05, 4.69) is 20.2 Å². The number of hydrogen-bond donors (Lipinski definition) is 3. The van der Waals surface area contributed by atoms with E-state index in [0.717, 1.165) is 29.4 Å². The third-order valence-corrected chi connectivity index (χ3v) is 5.35. The lowest BCUT2D eigenvalue weighted by Gasteiger charge is -2.40. The predicted molar refractivity (Wildman–Crippen MR) is 113 cm³/mol. The molecule has 1 aromatic heterocycles. The fourth-order valence-electron chi connectivity index (χ4n) is 3.56. The van der Waals surface area contributed by atoms with Crippen molar-refractivity contribution in [3.63, 3.8) is 0 Å². The molecule has 30 heavy (non-hydrogen) atoms. The van der Waals surface area contributed by atoms with E-state index in [0.29, 0.717) is 17.8 Å². The molecule has 0 saturated carbocycles. The van der Waals surface area contributed by atoms with Gasteiger partial charge in [-0.2, -0.15) is 0 Å². The summed E-state index contributed by atoms with van der Waals surface area (Å²) in [6.07, 6.45) is 4.09. The third kappa shape index (κ3) is 4.14. The number of anilines is 1. The van der Waals surface area contributed by atoms with Crippen molar-refractivity contribution in [1.82, 2.24) is 14.9 Å². The van der Waals surface area contributed by atoms with Crippen molar-refractivity contribution in [3.05, 3.63) is 72.1 Å². The average Bonchev–Trinajstić information content (AvgIpc) is 2.73. The average molecular weight is 407 g/mol. The van der Waals surface area contributed by atoms with E-state index < -0.39 is 5.91 Å². The molecule has 8 heteroatoms. The zero-order valence-electron chi connectivity index (χ0n) is 16.3. The molecule has 1 amide bonds. The minimum atomic E-state index is -0.625. The smallest absolute Gasteiger partial charge is 0.265 e. The number of aliphatic hydroxyl groups is 1. The standard InChI is InChI=1S/C22H22FN5O2/c23-16-2-4-17(5-3-16)27-21(22(24)30)19(11-28-8-7-18(28)12-29)14-1-6-20-15(9-14)10-25-13-26-20/h1-6,9-10,13,18,27,29H,7-8,11-12H2,(H2,24,30)/b21-19+. The van der Waals surface area contributed by atoms with Gasteiger partial charge in [-0.3, -0.25) is 9.69 Å². The molecule has 154 valence electrons. The van der Waals surface area contributed by atoms with Crippen LogP contribution in [-0.4, -0.2) is 51.6 Å². The van der Waals surface area contributed by atoms with Crippen LogP contribution < -0.4 is 11.1 Å². The number of amides is 1. The van der Waals surface area contributed by atoms with E-state index in [1.807, 2.05) is 18.2 Å². The normalized spacial score (nSPS) is 17.3. The number of nitrogens with one attached hydrogen (secondary N) is 1. The Hall–Kier alpha value is -3.36. The number of carbonyl (C=O) groups excluding carboxylic acids is 1. The van der Waals surface area contributed by atoms with Gasteiger partial charge in [-0.05, 0) is 48.4 Å². The first-order valence-electron chi connectivity index (χ1n) is 9.65. The lowest BCUT2D eigenvalue weighted by atomic mass is 9.96. The molecule has 4 N–H and O–H groups in total. The molecule has 1 aliphatic heterocycles. The summed E-state index contributed by atoms with van der Waals surface area (Å²) in [6.45, 7) is 1.29. The minimum Gasteiger partial charge on any atom is -0.395 e. The Labute approximate surface area is 173 Å².